The second kappa shape index (κ2) is 11.2. The fraction of sp³-hybridized carbons (Fsp3) is 0.143. The standard InChI is InChI=1S/C26H24FN7.C2H2/c1-2-29-13-16-9-18(15-30-14-16)20-10-17(22(28)12-21(20)27)11-24-33-25-19(6-8-32-26(25)34-24)23-5-3-4-7-31-23;1-2/h3-10,12,14-15,29H,2,11,13,28H2,1H3,(H,32,33,34);1-2H. The number of aromatic amines is 1. The maximum absolute atomic E-state index is 14.9. The van der Waals surface area contributed by atoms with Gasteiger partial charge in [-0.2, -0.15) is 0 Å². The highest BCUT2D eigenvalue weighted by molar-refractivity contribution is 5.88. The molecule has 8 heteroatoms. The average molecular weight is 480 g/mol. The first-order chi connectivity index (χ1) is 17.6. The van der Waals surface area contributed by atoms with Crippen molar-refractivity contribution in [2.24, 2.45) is 0 Å². The minimum Gasteiger partial charge on any atom is -0.398 e. The first-order valence-electron chi connectivity index (χ1n) is 11.4. The second-order valence-electron chi connectivity index (χ2n) is 8.03. The normalized spacial score (nSPS) is 10.7. The number of benzene rings is 1. The maximum atomic E-state index is 14.9. The molecular weight excluding hydrogens is 453 g/mol. The number of nitrogens with one attached hydrogen (secondary N) is 2. The summed E-state index contributed by atoms with van der Waals surface area (Å²) in [4.78, 5) is 21.1. The highest BCUT2D eigenvalue weighted by Gasteiger charge is 2.15. The van der Waals surface area contributed by atoms with Gasteiger partial charge in [-0.25, -0.2) is 14.4 Å². The number of aromatic nitrogens is 5. The van der Waals surface area contributed by atoms with Gasteiger partial charge in [0.1, 0.15) is 11.6 Å². The van der Waals surface area contributed by atoms with Crippen LogP contribution in [0.3, 0.4) is 0 Å². The van der Waals surface area contributed by atoms with Gasteiger partial charge >= 0.3 is 0 Å². The lowest BCUT2D eigenvalue weighted by molar-refractivity contribution is 0.631. The molecule has 0 aliphatic rings. The fourth-order valence-electron chi connectivity index (χ4n) is 3.97. The van der Waals surface area contributed by atoms with Crippen molar-refractivity contribution in [2.45, 2.75) is 19.9 Å². The predicted octanol–water partition coefficient (Wildman–Crippen LogP) is 4.75. The number of imidazole rings is 1. The number of rotatable bonds is 7. The van der Waals surface area contributed by atoms with Gasteiger partial charge in [0.2, 0.25) is 0 Å². The Hall–Kier alpha value is -4.61. The van der Waals surface area contributed by atoms with Crippen molar-refractivity contribution in [1.29, 1.82) is 0 Å². The van der Waals surface area contributed by atoms with Crippen molar-refractivity contribution in [3.05, 3.63) is 90.0 Å². The lowest BCUT2D eigenvalue weighted by Crippen LogP contribution is -2.11. The van der Waals surface area contributed by atoms with E-state index >= 15 is 0 Å². The molecular formula is C28H26FN7. The first-order valence-corrected chi connectivity index (χ1v) is 11.4. The van der Waals surface area contributed by atoms with Crippen LogP contribution in [0, 0.1) is 18.7 Å². The number of halogens is 1. The number of nitrogens with zero attached hydrogens (tertiary/aromatic N) is 4. The Morgan fingerprint density at radius 1 is 1.03 bits per heavy atom. The van der Waals surface area contributed by atoms with Gasteiger partial charge in [0.25, 0.3) is 0 Å². The van der Waals surface area contributed by atoms with Crippen molar-refractivity contribution in [2.75, 3.05) is 12.3 Å². The van der Waals surface area contributed by atoms with Crippen molar-refractivity contribution >= 4 is 16.9 Å². The Morgan fingerprint density at radius 2 is 1.89 bits per heavy atom. The van der Waals surface area contributed by atoms with Crippen molar-refractivity contribution in [3.63, 3.8) is 0 Å². The molecule has 5 aromatic rings. The van der Waals surface area contributed by atoms with Gasteiger partial charge in [-0.3, -0.25) is 9.97 Å². The summed E-state index contributed by atoms with van der Waals surface area (Å²) in [5.74, 6) is 0.307. The van der Waals surface area contributed by atoms with Crippen LogP contribution in [0.1, 0.15) is 23.9 Å². The zero-order valence-electron chi connectivity index (χ0n) is 19.9. The summed E-state index contributed by atoms with van der Waals surface area (Å²) < 4.78 is 14.9. The van der Waals surface area contributed by atoms with Crippen LogP contribution in [0.5, 0.6) is 0 Å². The van der Waals surface area contributed by atoms with E-state index in [1.165, 1.54) is 6.07 Å². The highest BCUT2D eigenvalue weighted by Crippen LogP contribution is 2.30. The number of pyridine rings is 3. The Labute approximate surface area is 209 Å². The summed E-state index contributed by atoms with van der Waals surface area (Å²) in [6.07, 6.45) is 15.3. The molecule has 7 nitrogen and oxygen atoms in total. The smallest absolute Gasteiger partial charge is 0.178 e. The molecule has 0 spiro atoms. The van der Waals surface area contributed by atoms with Crippen LogP contribution in [-0.4, -0.2) is 31.5 Å². The Morgan fingerprint density at radius 3 is 2.67 bits per heavy atom. The van der Waals surface area contributed by atoms with Gasteiger partial charge < -0.3 is 16.0 Å². The number of hydrogen-bond acceptors (Lipinski definition) is 6. The first kappa shape index (κ1) is 24.5. The molecule has 0 saturated heterocycles. The molecule has 0 aliphatic heterocycles. The third-order valence-corrected chi connectivity index (χ3v) is 5.65. The van der Waals surface area contributed by atoms with E-state index in [-0.39, 0.29) is 5.82 Å². The number of anilines is 1. The van der Waals surface area contributed by atoms with Crippen LogP contribution in [0.2, 0.25) is 0 Å². The highest BCUT2D eigenvalue weighted by atomic mass is 19.1. The number of fused-ring (bicyclic) bond motifs is 1. The van der Waals surface area contributed by atoms with Crippen LogP contribution in [0.15, 0.2) is 67.3 Å². The molecule has 0 amide bonds. The topological polar surface area (TPSA) is 105 Å². The minimum atomic E-state index is -0.382. The zero-order chi connectivity index (χ0) is 25.5. The molecule has 1 aromatic carbocycles. The Kier molecular flexibility index (Phi) is 7.63. The molecule has 4 heterocycles. The molecule has 0 saturated carbocycles. The molecule has 0 bridgehead atoms. The van der Waals surface area contributed by atoms with E-state index in [0.717, 1.165) is 34.4 Å². The molecule has 5 rings (SSSR count). The third-order valence-electron chi connectivity index (χ3n) is 5.65. The number of hydrogen-bond donors (Lipinski definition) is 3. The van der Waals surface area contributed by atoms with E-state index in [0.29, 0.717) is 41.3 Å². The monoisotopic (exact) mass is 479 g/mol. The molecule has 4 N–H and O–H groups in total. The third kappa shape index (κ3) is 5.22. The molecule has 0 fully saturated rings. The minimum absolute atomic E-state index is 0.372. The number of H-pyrrole nitrogens is 1. The van der Waals surface area contributed by atoms with Crippen molar-refractivity contribution < 1.29 is 4.39 Å². The SMILES string of the molecule is C#C.CCNCc1cncc(-c2cc(Cc3nc4nccc(-c5ccccn5)c4[nH]3)c(N)cc2F)c1. The lowest BCUT2D eigenvalue weighted by Gasteiger charge is -2.11. The van der Waals surface area contributed by atoms with E-state index in [9.17, 15) is 4.39 Å². The fourth-order valence-corrected chi connectivity index (χ4v) is 3.97. The van der Waals surface area contributed by atoms with E-state index in [1.54, 1.807) is 30.9 Å². The number of terminal acetylenes is 1. The van der Waals surface area contributed by atoms with Crippen LogP contribution < -0.4 is 11.1 Å². The van der Waals surface area contributed by atoms with Gasteiger partial charge in [0.15, 0.2) is 5.65 Å². The van der Waals surface area contributed by atoms with Gasteiger partial charge in [-0.05, 0) is 54.1 Å². The van der Waals surface area contributed by atoms with Crippen LogP contribution in [0.25, 0.3) is 33.5 Å². The lowest BCUT2D eigenvalue weighted by atomic mass is 9.99. The zero-order valence-corrected chi connectivity index (χ0v) is 19.9. The van der Waals surface area contributed by atoms with Crippen LogP contribution in [0.4, 0.5) is 10.1 Å². The molecule has 36 heavy (non-hydrogen) atoms. The largest absolute Gasteiger partial charge is 0.398 e. The summed E-state index contributed by atoms with van der Waals surface area (Å²) in [6, 6.07) is 12.7. The van der Waals surface area contributed by atoms with Gasteiger partial charge in [-0.1, -0.05) is 13.0 Å². The average Bonchev–Trinajstić information content (AvgIpc) is 3.33. The number of nitrogens with two attached hydrogens (primary N) is 1. The second-order valence-corrected chi connectivity index (χ2v) is 8.03. The summed E-state index contributed by atoms with van der Waals surface area (Å²) in [5, 5.41) is 3.26. The van der Waals surface area contributed by atoms with Crippen molar-refractivity contribution in [3.8, 4) is 35.2 Å². The predicted molar refractivity (Wildman–Crippen MR) is 141 cm³/mol. The summed E-state index contributed by atoms with van der Waals surface area (Å²) >= 11 is 0. The molecule has 180 valence electrons. The summed E-state index contributed by atoms with van der Waals surface area (Å²) in [5.41, 5.74) is 12.6. The van der Waals surface area contributed by atoms with Crippen molar-refractivity contribution in [1.82, 2.24) is 30.2 Å². The summed E-state index contributed by atoms with van der Waals surface area (Å²) in [6.45, 7) is 3.56. The molecule has 0 atom stereocenters. The van der Waals surface area contributed by atoms with Gasteiger partial charge in [0, 0.05) is 60.1 Å². The molecule has 4 aromatic heterocycles. The summed E-state index contributed by atoms with van der Waals surface area (Å²) in [7, 11) is 0. The van der Waals surface area contributed by atoms with Gasteiger partial charge in [0.05, 0.1) is 11.2 Å². The van der Waals surface area contributed by atoms with Crippen LogP contribution in [-0.2, 0) is 13.0 Å². The number of nitrogen functional groups attached to an aromatic ring is 1. The van der Waals surface area contributed by atoms with E-state index in [1.807, 2.05) is 37.3 Å². The van der Waals surface area contributed by atoms with E-state index in [2.05, 4.69) is 43.1 Å². The van der Waals surface area contributed by atoms with E-state index in [4.69, 9.17) is 5.73 Å². The Bertz CT molecular complexity index is 1490. The molecule has 0 aliphatic carbocycles. The van der Waals surface area contributed by atoms with E-state index < -0.39 is 0 Å². The van der Waals surface area contributed by atoms with Crippen LogP contribution >= 0.6 is 0 Å². The van der Waals surface area contributed by atoms with Gasteiger partial charge in [-0.15, -0.1) is 12.8 Å². The molecule has 0 radical (unpaired) electrons. The Balaban J connectivity index is 0.00000148. The quantitative estimate of drug-likeness (QED) is 0.230. The maximum Gasteiger partial charge on any atom is 0.178 e. The molecule has 0 unspecified atom stereocenters.